The fourth-order valence-electron chi connectivity index (χ4n) is 6.35. The number of nitrogens with zero attached hydrogens (tertiary/aromatic N) is 1. The molecule has 2 nitrogen and oxygen atoms in total. The van der Waals surface area contributed by atoms with Crippen molar-refractivity contribution in [3.8, 4) is 0 Å². The first-order valence-corrected chi connectivity index (χ1v) is 16.4. The topological polar surface area (TPSA) is 20.9 Å². The summed E-state index contributed by atoms with van der Waals surface area (Å²) in [7, 11) is 0. The Labute approximate surface area is 331 Å². The molecule has 1 aromatic heterocycles. The molecule has 0 atom stereocenters. The molecule has 0 bridgehead atoms. The number of benzene rings is 5. The van der Waals surface area contributed by atoms with E-state index in [0.717, 1.165) is 4.90 Å². The Morgan fingerprint density at radius 1 is 0.393 bits per heavy atom. The van der Waals surface area contributed by atoms with Crippen molar-refractivity contribution in [2.45, 2.75) is 11.4 Å². The highest BCUT2D eigenvalue weighted by atomic mass is 32.1. The standard InChI is InChI=1S/C24BF20.C13H11NOS/c26-5-1(6(27)14(35)21(42)13(5)34)25(2-7(28)15(36)22(43)16(37)8(2)29,3-9(30)17(38)23(44)18(39)10(3)31)4-11(32)19(40)24(45)20(41)12(4)33;15-13(10-14-7-2-1-3-8-14)11-5-4-6-12(16)9-11/h;1-9H,10H2/q-1;/p+1. The molecular formula is C37H12BF20NOS. The fourth-order valence-corrected chi connectivity index (χ4v) is 6.58. The summed E-state index contributed by atoms with van der Waals surface area (Å²) in [6.07, 6.45) is -3.46. The number of ketones is 1. The van der Waals surface area contributed by atoms with E-state index in [0.29, 0.717) is 12.1 Å². The molecule has 0 aliphatic carbocycles. The predicted molar refractivity (Wildman–Crippen MR) is 174 cm³/mol. The summed E-state index contributed by atoms with van der Waals surface area (Å²) in [6, 6.07) is 13.0. The molecule has 0 saturated heterocycles. The molecule has 0 aliphatic heterocycles. The Balaban J connectivity index is 0.000000366. The third-order valence-corrected chi connectivity index (χ3v) is 9.26. The number of thiol groups is 1. The van der Waals surface area contributed by atoms with Crippen LogP contribution in [0.4, 0.5) is 87.8 Å². The molecule has 6 rings (SSSR count). The molecule has 1 heterocycles. The van der Waals surface area contributed by atoms with Gasteiger partial charge < -0.3 is 0 Å². The van der Waals surface area contributed by atoms with E-state index >= 15 is 35.1 Å². The average molecular weight is 909 g/mol. The van der Waals surface area contributed by atoms with E-state index in [1.807, 2.05) is 53.4 Å². The van der Waals surface area contributed by atoms with Gasteiger partial charge in [0.2, 0.25) is 12.3 Å². The lowest BCUT2D eigenvalue weighted by molar-refractivity contribution is -0.683. The summed E-state index contributed by atoms with van der Waals surface area (Å²) >= 11 is 4.22. The lowest BCUT2D eigenvalue weighted by atomic mass is 9.12. The van der Waals surface area contributed by atoms with Crippen LogP contribution in [0.5, 0.6) is 0 Å². The van der Waals surface area contributed by atoms with Gasteiger partial charge in [-0.3, -0.25) is 4.79 Å². The summed E-state index contributed by atoms with van der Waals surface area (Å²) in [5, 5.41) is 0. The number of halogens is 20. The Bertz CT molecular complexity index is 2390. The summed E-state index contributed by atoms with van der Waals surface area (Å²) in [5.41, 5.74) is -13.6. The van der Waals surface area contributed by atoms with Gasteiger partial charge in [0.05, 0.1) is 0 Å². The molecule has 6 aromatic rings. The van der Waals surface area contributed by atoms with Crippen LogP contribution in [0.15, 0.2) is 59.8 Å². The van der Waals surface area contributed by atoms with Gasteiger partial charge >= 0.3 is 0 Å². The molecule has 0 saturated carbocycles. The van der Waals surface area contributed by atoms with Gasteiger partial charge in [-0.25, -0.2) is 87.8 Å². The van der Waals surface area contributed by atoms with Crippen LogP contribution >= 0.6 is 12.6 Å². The third-order valence-electron chi connectivity index (χ3n) is 8.98. The number of hydrogen-bond donors (Lipinski definition) is 1. The van der Waals surface area contributed by atoms with E-state index in [9.17, 15) is 57.5 Å². The van der Waals surface area contributed by atoms with Gasteiger partial charge in [-0.2, -0.15) is 4.57 Å². The van der Waals surface area contributed by atoms with Crippen molar-refractivity contribution in [3.05, 3.63) is 177 Å². The van der Waals surface area contributed by atoms with Crippen LogP contribution in [0.2, 0.25) is 0 Å². The number of aromatic nitrogens is 1. The van der Waals surface area contributed by atoms with E-state index in [1.165, 1.54) is 0 Å². The summed E-state index contributed by atoms with van der Waals surface area (Å²) in [4.78, 5) is 12.7. The summed E-state index contributed by atoms with van der Waals surface area (Å²) < 4.78 is 296. The highest BCUT2D eigenvalue weighted by molar-refractivity contribution is 7.80. The maximum Gasteiger partial charge on any atom is 0.227 e. The van der Waals surface area contributed by atoms with Crippen molar-refractivity contribution in [1.82, 2.24) is 0 Å². The van der Waals surface area contributed by atoms with Crippen LogP contribution in [0.3, 0.4) is 0 Å². The number of hydrogen-bond acceptors (Lipinski definition) is 2. The second-order valence-corrected chi connectivity index (χ2v) is 12.8. The number of pyridine rings is 1. The molecular weight excluding hydrogens is 897 g/mol. The van der Waals surface area contributed by atoms with Gasteiger partial charge in [0.25, 0.3) is 0 Å². The molecule has 0 spiro atoms. The maximum absolute atomic E-state index is 15.4. The van der Waals surface area contributed by atoms with Gasteiger partial charge in [-0.1, -0.05) is 18.2 Å². The van der Waals surface area contributed by atoms with Gasteiger partial charge in [-0.05, 0) is 12.1 Å². The van der Waals surface area contributed by atoms with Crippen LogP contribution in [0.1, 0.15) is 10.4 Å². The van der Waals surface area contributed by atoms with E-state index in [1.54, 1.807) is 6.07 Å². The molecule has 61 heavy (non-hydrogen) atoms. The molecule has 0 fully saturated rings. The predicted octanol–water partition coefficient (Wildman–Crippen LogP) is 7.99. The number of carbonyl (C=O) groups excluding carboxylic acids is 1. The first-order chi connectivity index (χ1) is 28.5. The van der Waals surface area contributed by atoms with Crippen LogP contribution < -0.4 is 26.4 Å². The molecule has 0 radical (unpaired) electrons. The lowest BCUT2D eigenvalue weighted by Gasteiger charge is -2.44. The summed E-state index contributed by atoms with van der Waals surface area (Å²) in [6.45, 7) is 0.359. The van der Waals surface area contributed by atoms with Crippen LogP contribution in [0.25, 0.3) is 0 Å². The van der Waals surface area contributed by atoms with Gasteiger partial charge in [0.1, 0.15) is 52.7 Å². The Hall–Kier alpha value is -6.07. The van der Waals surface area contributed by atoms with Crippen LogP contribution in [-0.4, -0.2) is 11.9 Å². The lowest BCUT2D eigenvalue weighted by Crippen LogP contribution is -2.81. The van der Waals surface area contributed by atoms with Crippen molar-refractivity contribution in [2.24, 2.45) is 0 Å². The smallest absolute Gasteiger partial charge is 0.227 e. The zero-order valence-corrected chi connectivity index (χ0v) is 29.7. The zero-order chi connectivity index (χ0) is 45.7. The minimum atomic E-state index is -7.22. The van der Waals surface area contributed by atoms with E-state index in [-0.39, 0.29) is 5.78 Å². The molecule has 0 N–H and O–H groups in total. The van der Waals surface area contributed by atoms with Gasteiger partial charge in [0, 0.05) is 22.6 Å². The van der Waals surface area contributed by atoms with Gasteiger partial charge in [-0.15, -0.1) is 34.5 Å². The average Bonchev–Trinajstić information content (AvgIpc) is 3.24. The van der Waals surface area contributed by atoms with E-state index in [2.05, 4.69) is 12.6 Å². The zero-order valence-electron chi connectivity index (χ0n) is 28.8. The summed E-state index contributed by atoms with van der Waals surface area (Å²) in [5.74, 6) is -71.3. The minimum absolute atomic E-state index is 0.0899. The van der Waals surface area contributed by atoms with Crippen molar-refractivity contribution in [3.63, 3.8) is 0 Å². The Morgan fingerprint density at radius 3 is 0.918 bits per heavy atom. The Morgan fingerprint density at radius 2 is 0.656 bits per heavy atom. The van der Waals surface area contributed by atoms with Crippen molar-refractivity contribution in [1.29, 1.82) is 0 Å². The SMILES string of the molecule is Fc1c(F)c(F)c([B-](c2c(F)c(F)c(F)c(F)c2F)(c2c(F)c(F)c(F)c(F)c2F)c2c(F)c(F)c(F)c(F)c2F)c(F)c1F.O=C(C[n+]1ccccc1)c1cccc(S)c1. The van der Waals surface area contributed by atoms with Crippen molar-refractivity contribution >= 4 is 46.4 Å². The largest absolute Gasteiger partial charge is 0.287 e. The maximum atomic E-state index is 15.4. The fraction of sp³-hybridized carbons (Fsp3) is 0.0270. The van der Waals surface area contributed by atoms with Gasteiger partial charge in [0.15, 0.2) is 82.2 Å². The molecule has 24 heteroatoms. The number of rotatable bonds is 7. The first-order valence-electron chi connectivity index (χ1n) is 16.0. The number of Topliss-reactive ketones (excluding diaryl/α,β-unsaturated/α-hetero) is 1. The molecule has 5 aromatic carbocycles. The molecule has 0 aliphatic rings. The van der Waals surface area contributed by atoms with E-state index in [4.69, 9.17) is 0 Å². The quantitative estimate of drug-likeness (QED) is 0.0328. The number of carbonyl (C=O) groups is 1. The molecule has 0 unspecified atom stereocenters. The second-order valence-electron chi connectivity index (χ2n) is 12.3. The molecule has 0 amide bonds. The third kappa shape index (κ3) is 7.43. The second kappa shape index (κ2) is 17.1. The first kappa shape index (κ1) is 46.0. The van der Waals surface area contributed by atoms with Crippen molar-refractivity contribution < 1.29 is 97.2 Å². The van der Waals surface area contributed by atoms with Crippen LogP contribution in [-0.2, 0) is 6.54 Å². The molecule has 320 valence electrons. The van der Waals surface area contributed by atoms with Crippen LogP contribution in [0, 0.1) is 116 Å². The normalized spacial score (nSPS) is 11.5. The minimum Gasteiger partial charge on any atom is -0.287 e. The van der Waals surface area contributed by atoms with Crippen molar-refractivity contribution in [2.75, 3.05) is 0 Å². The highest BCUT2D eigenvalue weighted by Gasteiger charge is 2.52. The monoisotopic (exact) mass is 909 g/mol. The van der Waals surface area contributed by atoms with E-state index < -0.39 is 144 Å². The Kier molecular flexibility index (Phi) is 12.9. The highest BCUT2D eigenvalue weighted by Crippen LogP contribution is 2.30.